The van der Waals surface area contributed by atoms with Crippen LogP contribution in [0.15, 0.2) is 65.4 Å². The maximum Gasteiger partial charge on any atom is 0.416 e. The second kappa shape index (κ2) is 16.2. The van der Waals surface area contributed by atoms with E-state index in [-0.39, 0.29) is 17.9 Å². The fourth-order valence-corrected chi connectivity index (χ4v) is 6.32. The van der Waals surface area contributed by atoms with Crippen molar-refractivity contribution in [3.63, 3.8) is 0 Å². The van der Waals surface area contributed by atoms with Gasteiger partial charge in [-0.25, -0.2) is 9.99 Å². The van der Waals surface area contributed by atoms with Crippen molar-refractivity contribution >= 4 is 11.4 Å². The number of H-pyrrole nitrogens is 1. The molecular weight excluding hydrogens is 601 g/mol. The second-order valence-corrected chi connectivity index (χ2v) is 13.5. The van der Waals surface area contributed by atoms with Crippen LogP contribution in [0.3, 0.4) is 0 Å². The number of nitrogens with one attached hydrogen (secondary N) is 1. The van der Waals surface area contributed by atoms with E-state index < -0.39 is 11.7 Å². The maximum absolute atomic E-state index is 14.1. The summed E-state index contributed by atoms with van der Waals surface area (Å²) < 4.78 is 48.1. The van der Waals surface area contributed by atoms with E-state index in [1.54, 1.807) is 19.4 Å². The number of benzene rings is 1. The summed E-state index contributed by atoms with van der Waals surface area (Å²) in [7, 11) is 0. The van der Waals surface area contributed by atoms with E-state index in [1.807, 2.05) is 17.2 Å². The van der Waals surface area contributed by atoms with Crippen LogP contribution in [0, 0.1) is 24.7 Å². The fourth-order valence-electron chi connectivity index (χ4n) is 6.32. The molecule has 0 bridgehead atoms. The number of nitrogens with zero attached hydrogens (tertiary/aromatic N) is 5. The number of hydrogen-bond acceptors (Lipinski definition) is 6. The van der Waals surface area contributed by atoms with Crippen LogP contribution in [0.25, 0.3) is 5.57 Å². The number of aromatic nitrogens is 2. The molecular formula is C37H53F3N6O. The summed E-state index contributed by atoms with van der Waals surface area (Å²) in [5, 5.41) is 7.15. The predicted octanol–water partition coefficient (Wildman–Crippen LogP) is 8.14. The first-order valence-corrected chi connectivity index (χ1v) is 17.0. The standard InChI is InChI=1S/C37H53F3N6O/c1-9-26(5)22-44(21-25(3)4)23-32(27(6)10-2)35(18-30-12-11-13-33(28(30)7)37(38,39)40)46-29(8)31(34-20-41-24-42-34)19-36(43-46)45-14-16-47-17-15-45/h11-13,19-20,24-27H,8-10,14-18,21-23H2,1-7H3,(H,41,42)/b35-32-. The topological polar surface area (TPSA) is 60.0 Å². The van der Waals surface area contributed by atoms with Crippen LogP contribution in [-0.2, 0) is 17.3 Å². The van der Waals surface area contributed by atoms with E-state index in [1.165, 1.54) is 17.7 Å². The predicted molar refractivity (Wildman–Crippen MR) is 184 cm³/mol. The molecule has 258 valence electrons. The normalized spacial score (nSPS) is 18.0. The number of amidine groups is 1. The third-order valence-electron chi connectivity index (χ3n) is 9.39. The number of halogens is 3. The molecule has 2 atom stereocenters. The molecule has 10 heteroatoms. The molecule has 0 aliphatic carbocycles. The zero-order chi connectivity index (χ0) is 34.3. The Bertz CT molecular complexity index is 1440. The summed E-state index contributed by atoms with van der Waals surface area (Å²) in [5.41, 5.74) is 4.61. The van der Waals surface area contributed by atoms with E-state index in [2.05, 4.69) is 67.9 Å². The number of rotatable bonds is 13. The maximum atomic E-state index is 14.1. The Morgan fingerprint density at radius 3 is 2.40 bits per heavy atom. The molecule has 2 aromatic rings. The van der Waals surface area contributed by atoms with Gasteiger partial charge in [0.25, 0.3) is 0 Å². The zero-order valence-electron chi connectivity index (χ0n) is 29.3. The summed E-state index contributed by atoms with van der Waals surface area (Å²) >= 11 is 0. The molecule has 0 amide bonds. The lowest BCUT2D eigenvalue weighted by Gasteiger charge is -2.38. The Balaban J connectivity index is 1.95. The Kier molecular flexibility index (Phi) is 12.5. The van der Waals surface area contributed by atoms with Crippen molar-refractivity contribution in [1.29, 1.82) is 0 Å². The van der Waals surface area contributed by atoms with Crippen molar-refractivity contribution in [3.05, 3.63) is 82.7 Å². The Morgan fingerprint density at radius 1 is 1.09 bits per heavy atom. The Morgan fingerprint density at radius 2 is 1.81 bits per heavy atom. The van der Waals surface area contributed by atoms with Crippen LogP contribution in [0.4, 0.5) is 13.2 Å². The van der Waals surface area contributed by atoms with Gasteiger partial charge in [0.15, 0.2) is 0 Å². The van der Waals surface area contributed by atoms with Gasteiger partial charge < -0.3 is 14.6 Å². The zero-order valence-corrected chi connectivity index (χ0v) is 29.3. The van der Waals surface area contributed by atoms with Crippen molar-refractivity contribution < 1.29 is 17.9 Å². The number of alkyl halides is 3. The first-order chi connectivity index (χ1) is 22.3. The van der Waals surface area contributed by atoms with E-state index >= 15 is 0 Å². The smallest absolute Gasteiger partial charge is 0.378 e. The monoisotopic (exact) mass is 654 g/mol. The molecule has 1 fully saturated rings. The van der Waals surface area contributed by atoms with E-state index in [0.29, 0.717) is 55.9 Å². The Labute approximate surface area is 279 Å². The van der Waals surface area contributed by atoms with Gasteiger partial charge in [-0.3, -0.25) is 4.90 Å². The average molecular weight is 655 g/mol. The minimum absolute atomic E-state index is 0.152. The van der Waals surface area contributed by atoms with Gasteiger partial charge in [-0.1, -0.05) is 66.7 Å². The van der Waals surface area contributed by atoms with Gasteiger partial charge in [-0.2, -0.15) is 18.3 Å². The third-order valence-corrected chi connectivity index (χ3v) is 9.39. The number of hydrogen-bond donors (Lipinski definition) is 1. The van der Waals surface area contributed by atoms with Crippen molar-refractivity contribution in [2.24, 2.45) is 22.9 Å². The van der Waals surface area contributed by atoms with Crippen LogP contribution in [0.1, 0.15) is 76.8 Å². The highest BCUT2D eigenvalue weighted by Crippen LogP contribution is 2.38. The molecule has 7 nitrogen and oxygen atoms in total. The molecule has 2 aliphatic rings. The van der Waals surface area contributed by atoms with Crippen LogP contribution in [-0.4, -0.2) is 76.5 Å². The molecule has 1 aromatic carbocycles. The molecule has 1 saturated heterocycles. The summed E-state index contributed by atoms with van der Waals surface area (Å²) in [4.78, 5) is 12.2. The molecule has 2 unspecified atom stereocenters. The Hall–Kier alpha value is -3.37. The largest absolute Gasteiger partial charge is 0.416 e. The van der Waals surface area contributed by atoms with E-state index in [4.69, 9.17) is 9.84 Å². The molecule has 1 aromatic heterocycles. The number of hydrazone groups is 1. The molecule has 3 heterocycles. The van der Waals surface area contributed by atoms with E-state index in [0.717, 1.165) is 48.7 Å². The molecule has 1 N–H and O–H groups in total. The highest BCUT2D eigenvalue weighted by Gasteiger charge is 2.34. The quantitative estimate of drug-likeness (QED) is 0.236. The number of ether oxygens (including phenoxy) is 1. The van der Waals surface area contributed by atoms with Crippen molar-refractivity contribution in [2.75, 3.05) is 45.9 Å². The van der Waals surface area contributed by atoms with Gasteiger partial charge in [0.05, 0.1) is 42.7 Å². The molecule has 2 aliphatic heterocycles. The summed E-state index contributed by atoms with van der Waals surface area (Å²) in [6.45, 7) is 24.6. The van der Waals surface area contributed by atoms with Gasteiger partial charge in [0.1, 0.15) is 5.84 Å². The highest BCUT2D eigenvalue weighted by molar-refractivity contribution is 6.03. The van der Waals surface area contributed by atoms with E-state index in [9.17, 15) is 13.2 Å². The van der Waals surface area contributed by atoms with Crippen LogP contribution >= 0.6 is 0 Å². The molecule has 0 saturated carbocycles. The van der Waals surface area contributed by atoms with Gasteiger partial charge >= 0.3 is 6.18 Å². The van der Waals surface area contributed by atoms with Crippen LogP contribution in [0.5, 0.6) is 0 Å². The number of allylic oxidation sites excluding steroid dienone is 2. The molecule has 0 radical (unpaired) electrons. The molecule has 4 rings (SSSR count). The second-order valence-electron chi connectivity index (χ2n) is 13.5. The fraction of sp³-hybridized carbons (Fsp3) is 0.568. The van der Waals surface area contributed by atoms with Crippen LogP contribution < -0.4 is 0 Å². The van der Waals surface area contributed by atoms with Gasteiger partial charge in [0, 0.05) is 50.4 Å². The van der Waals surface area contributed by atoms with Gasteiger partial charge in [-0.15, -0.1) is 0 Å². The SMILES string of the molecule is C=C1C(c2cnc[nH]2)=CC(N2CCOCC2)=NN1/C(Cc1cccc(C(F)(F)F)c1C)=C(/CN(CC(C)C)CC(C)CC)C(C)CC. The van der Waals surface area contributed by atoms with Gasteiger partial charge in [-0.05, 0) is 59.9 Å². The lowest BCUT2D eigenvalue weighted by Crippen LogP contribution is -2.42. The van der Waals surface area contributed by atoms with Crippen molar-refractivity contribution in [3.8, 4) is 0 Å². The minimum atomic E-state index is -4.44. The number of morpholine rings is 1. The number of imidazole rings is 1. The van der Waals surface area contributed by atoms with Crippen molar-refractivity contribution in [1.82, 2.24) is 24.8 Å². The van der Waals surface area contributed by atoms with Crippen molar-refractivity contribution in [2.45, 2.75) is 73.9 Å². The lowest BCUT2D eigenvalue weighted by atomic mass is 9.90. The molecule has 47 heavy (non-hydrogen) atoms. The summed E-state index contributed by atoms with van der Waals surface area (Å²) in [5.74, 6) is 1.88. The first-order valence-electron chi connectivity index (χ1n) is 17.0. The number of aromatic amines is 1. The molecule has 0 spiro atoms. The third kappa shape index (κ3) is 9.16. The first kappa shape index (κ1) is 36.5. The van der Waals surface area contributed by atoms with Crippen LogP contribution in [0.2, 0.25) is 0 Å². The summed E-state index contributed by atoms with van der Waals surface area (Å²) in [6.07, 6.45) is 3.22. The highest BCUT2D eigenvalue weighted by atomic mass is 19.4. The lowest BCUT2D eigenvalue weighted by molar-refractivity contribution is -0.138. The minimum Gasteiger partial charge on any atom is -0.378 e. The average Bonchev–Trinajstić information content (AvgIpc) is 3.57. The van der Waals surface area contributed by atoms with Gasteiger partial charge in [0.2, 0.25) is 0 Å². The summed E-state index contributed by atoms with van der Waals surface area (Å²) in [6, 6.07) is 4.50.